The number of amides is 2. The summed E-state index contributed by atoms with van der Waals surface area (Å²) in [5.74, 6) is -0.876. The molecular formula is C22H26BrCl2N3O4S. The highest BCUT2D eigenvalue weighted by Gasteiger charge is 2.31. The van der Waals surface area contributed by atoms with Crippen LogP contribution < -0.4 is 9.62 Å². The number of nitrogens with zero attached hydrogens (tertiary/aromatic N) is 2. The molecule has 0 heterocycles. The van der Waals surface area contributed by atoms with Crippen LogP contribution >= 0.6 is 39.1 Å². The zero-order valence-corrected chi connectivity index (χ0v) is 22.6. The molecule has 0 radical (unpaired) electrons. The van der Waals surface area contributed by atoms with E-state index in [2.05, 4.69) is 21.2 Å². The molecule has 2 rings (SSSR count). The number of hydrogen-bond donors (Lipinski definition) is 1. The fourth-order valence-corrected chi connectivity index (χ4v) is 4.73. The number of carbonyl (C=O) groups excluding carboxylic acids is 2. The first-order valence-electron chi connectivity index (χ1n) is 10.1. The zero-order valence-electron chi connectivity index (χ0n) is 18.7. The van der Waals surface area contributed by atoms with Crippen molar-refractivity contribution in [1.82, 2.24) is 10.2 Å². The van der Waals surface area contributed by atoms with E-state index in [4.69, 9.17) is 23.2 Å². The number of sulfonamides is 1. The normalized spacial score (nSPS) is 12.2. The third-order valence-corrected chi connectivity index (χ3v) is 7.85. The number of anilines is 1. The lowest BCUT2D eigenvalue weighted by atomic mass is 10.1. The second kappa shape index (κ2) is 11.6. The molecule has 0 aliphatic rings. The molecule has 0 aliphatic heterocycles. The molecule has 2 aromatic rings. The van der Waals surface area contributed by atoms with Crippen molar-refractivity contribution in [1.29, 1.82) is 0 Å². The van der Waals surface area contributed by atoms with E-state index in [9.17, 15) is 18.0 Å². The van der Waals surface area contributed by atoms with Crippen molar-refractivity contribution in [2.75, 3.05) is 24.2 Å². The van der Waals surface area contributed by atoms with Gasteiger partial charge in [-0.1, -0.05) is 52.1 Å². The lowest BCUT2D eigenvalue weighted by Gasteiger charge is -2.32. The minimum atomic E-state index is -3.79. The van der Waals surface area contributed by atoms with Crippen LogP contribution in [0.2, 0.25) is 10.0 Å². The number of aryl methyl sites for hydroxylation is 1. The van der Waals surface area contributed by atoms with Crippen molar-refractivity contribution < 1.29 is 18.0 Å². The molecule has 2 amide bonds. The molecule has 0 saturated heterocycles. The van der Waals surface area contributed by atoms with Gasteiger partial charge in [-0.25, -0.2) is 8.42 Å². The average Bonchev–Trinajstić information content (AvgIpc) is 2.75. The summed E-state index contributed by atoms with van der Waals surface area (Å²) >= 11 is 15.5. The fraction of sp³-hybridized carbons (Fsp3) is 0.364. The molecule has 2 aromatic carbocycles. The minimum absolute atomic E-state index is 0.0542. The van der Waals surface area contributed by atoms with Gasteiger partial charge in [0.05, 0.1) is 22.0 Å². The molecule has 11 heteroatoms. The van der Waals surface area contributed by atoms with Crippen molar-refractivity contribution in [2.45, 2.75) is 32.9 Å². The first-order valence-corrected chi connectivity index (χ1v) is 13.5. The Balaban J connectivity index is 2.46. The maximum atomic E-state index is 13.5. The summed E-state index contributed by atoms with van der Waals surface area (Å²) in [5, 5.41) is 3.25. The van der Waals surface area contributed by atoms with Gasteiger partial charge in [-0.15, -0.1) is 0 Å². The Morgan fingerprint density at radius 2 is 1.79 bits per heavy atom. The van der Waals surface area contributed by atoms with Gasteiger partial charge in [0.25, 0.3) is 0 Å². The molecule has 0 aromatic heterocycles. The van der Waals surface area contributed by atoms with Crippen molar-refractivity contribution in [3.8, 4) is 0 Å². The maximum Gasteiger partial charge on any atom is 0.244 e. The standard InChI is InChI=1S/C22H26BrCl2N3O4S/c1-5-20(22(30)26-3)27(12-15-6-9-18(24)19(25)11-15)21(29)13-28(33(4,31)32)16-7-8-17(23)14(2)10-16/h6-11,20H,5,12-13H2,1-4H3,(H,26,30)/t20-/m1/s1. The predicted octanol–water partition coefficient (Wildman–Crippen LogP) is 4.38. The number of benzene rings is 2. The Labute approximate surface area is 213 Å². The monoisotopic (exact) mass is 577 g/mol. The van der Waals surface area contributed by atoms with Crippen LogP contribution in [0.3, 0.4) is 0 Å². The lowest BCUT2D eigenvalue weighted by Crippen LogP contribution is -2.51. The van der Waals surface area contributed by atoms with Crippen molar-refractivity contribution in [2.24, 2.45) is 0 Å². The van der Waals surface area contributed by atoms with Gasteiger partial charge in [0, 0.05) is 18.1 Å². The van der Waals surface area contributed by atoms with E-state index >= 15 is 0 Å². The second-order valence-corrected chi connectivity index (χ2v) is 11.1. The SMILES string of the molecule is CC[C@H](C(=O)NC)N(Cc1ccc(Cl)c(Cl)c1)C(=O)CN(c1ccc(Br)c(C)c1)S(C)(=O)=O. The molecule has 180 valence electrons. The summed E-state index contributed by atoms with van der Waals surface area (Å²) in [5.41, 5.74) is 1.83. The molecule has 7 nitrogen and oxygen atoms in total. The first-order chi connectivity index (χ1) is 15.4. The van der Waals surface area contributed by atoms with E-state index in [-0.39, 0.29) is 12.5 Å². The molecule has 0 spiro atoms. The minimum Gasteiger partial charge on any atom is -0.357 e. The highest BCUT2D eigenvalue weighted by molar-refractivity contribution is 9.10. The third kappa shape index (κ3) is 7.09. The van der Waals surface area contributed by atoms with Gasteiger partial charge in [-0.2, -0.15) is 0 Å². The lowest BCUT2D eigenvalue weighted by molar-refractivity contribution is -0.140. The summed E-state index contributed by atoms with van der Waals surface area (Å²) in [4.78, 5) is 27.4. The van der Waals surface area contributed by atoms with Crippen molar-refractivity contribution in [3.05, 3.63) is 62.0 Å². The summed E-state index contributed by atoms with van der Waals surface area (Å²) in [6, 6.07) is 9.15. The predicted molar refractivity (Wildman–Crippen MR) is 136 cm³/mol. The molecular weight excluding hydrogens is 553 g/mol. The molecule has 0 unspecified atom stereocenters. The highest BCUT2D eigenvalue weighted by atomic mass is 79.9. The van der Waals surface area contributed by atoms with Gasteiger partial charge in [0.2, 0.25) is 21.8 Å². The summed E-state index contributed by atoms with van der Waals surface area (Å²) in [6.45, 7) is 3.19. The van der Waals surface area contributed by atoms with Gasteiger partial charge >= 0.3 is 0 Å². The third-order valence-electron chi connectivity index (χ3n) is 5.08. The summed E-state index contributed by atoms with van der Waals surface area (Å²) in [7, 11) is -2.30. The number of hydrogen-bond acceptors (Lipinski definition) is 4. The highest BCUT2D eigenvalue weighted by Crippen LogP contribution is 2.26. The first kappa shape index (κ1) is 27.4. The van der Waals surface area contributed by atoms with Gasteiger partial charge in [0.15, 0.2) is 0 Å². The van der Waals surface area contributed by atoms with Crippen LogP contribution in [0, 0.1) is 6.92 Å². The number of carbonyl (C=O) groups is 2. The van der Waals surface area contributed by atoms with Crippen LogP contribution in [0.1, 0.15) is 24.5 Å². The smallest absolute Gasteiger partial charge is 0.244 e. The van der Waals surface area contributed by atoms with Crippen LogP contribution in [0.15, 0.2) is 40.9 Å². The molecule has 0 aliphatic carbocycles. The Hall–Kier alpha value is -1.81. The molecule has 0 fully saturated rings. The molecule has 1 N–H and O–H groups in total. The van der Waals surface area contributed by atoms with Crippen LogP contribution in [0.4, 0.5) is 5.69 Å². The summed E-state index contributed by atoms with van der Waals surface area (Å²) < 4.78 is 27.0. The van der Waals surface area contributed by atoms with Crippen LogP contribution in [0.5, 0.6) is 0 Å². The van der Waals surface area contributed by atoms with Gasteiger partial charge < -0.3 is 10.2 Å². The summed E-state index contributed by atoms with van der Waals surface area (Å²) in [6.07, 6.45) is 1.38. The Morgan fingerprint density at radius 1 is 1.12 bits per heavy atom. The molecule has 33 heavy (non-hydrogen) atoms. The fourth-order valence-electron chi connectivity index (χ4n) is 3.32. The van der Waals surface area contributed by atoms with E-state index in [0.29, 0.717) is 27.7 Å². The Kier molecular flexibility index (Phi) is 9.60. The van der Waals surface area contributed by atoms with E-state index in [1.807, 2.05) is 6.92 Å². The van der Waals surface area contributed by atoms with Crippen molar-refractivity contribution in [3.63, 3.8) is 0 Å². The zero-order chi connectivity index (χ0) is 24.9. The Bertz CT molecular complexity index is 1140. The number of halogens is 3. The molecule has 0 bridgehead atoms. The largest absolute Gasteiger partial charge is 0.357 e. The van der Waals surface area contributed by atoms with E-state index in [1.165, 1.54) is 11.9 Å². The van der Waals surface area contributed by atoms with Gasteiger partial charge in [-0.3, -0.25) is 13.9 Å². The van der Waals surface area contributed by atoms with Crippen LogP contribution in [-0.4, -0.2) is 51.0 Å². The molecule has 1 atom stereocenters. The van der Waals surface area contributed by atoms with Gasteiger partial charge in [0.1, 0.15) is 12.6 Å². The second-order valence-electron chi connectivity index (χ2n) is 7.51. The van der Waals surface area contributed by atoms with Crippen LogP contribution in [0.25, 0.3) is 0 Å². The quantitative estimate of drug-likeness (QED) is 0.478. The van der Waals surface area contributed by atoms with E-state index in [1.54, 1.807) is 43.3 Å². The van der Waals surface area contributed by atoms with E-state index < -0.39 is 28.5 Å². The number of nitrogens with one attached hydrogen (secondary N) is 1. The number of likely N-dealkylation sites (N-methyl/N-ethyl adjacent to an activating group) is 1. The molecule has 0 saturated carbocycles. The van der Waals surface area contributed by atoms with Gasteiger partial charge in [-0.05, 0) is 54.8 Å². The maximum absolute atomic E-state index is 13.5. The number of rotatable bonds is 9. The van der Waals surface area contributed by atoms with Crippen molar-refractivity contribution >= 4 is 66.7 Å². The topological polar surface area (TPSA) is 86.8 Å². The van der Waals surface area contributed by atoms with Crippen LogP contribution in [-0.2, 0) is 26.2 Å². The Morgan fingerprint density at radius 3 is 2.30 bits per heavy atom. The van der Waals surface area contributed by atoms with E-state index in [0.717, 1.165) is 20.6 Å². The average molecular weight is 579 g/mol.